The molecule has 0 atom stereocenters. The van der Waals surface area contributed by atoms with Crippen LogP contribution in [0, 0.1) is 5.82 Å². The third-order valence-corrected chi connectivity index (χ3v) is 5.05. The molecule has 4 rings (SSSR count). The molecule has 0 aliphatic carbocycles. The zero-order chi connectivity index (χ0) is 21.6. The average molecular weight is 422 g/mol. The van der Waals surface area contributed by atoms with E-state index in [1.165, 1.54) is 25.6 Å². The van der Waals surface area contributed by atoms with Gasteiger partial charge in [-0.1, -0.05) is 0 Å². The van der Waals surface area contributed by atoms with Gasteiger partial charge < -0.3 is 20.7 Å². The highest BCUT2D eigenvalue weighted by molar-refractivity contribution is 5.94. The van der Waals surface area contributed by atoms with Gasteiger partial charge in [0.2, 0.25) is 5.95 Å². The number of amides is 1. The fourth-order valence-electron chi connectivity index (χ4n) is 3.41. The SMILES string of the molecule is COc1cc(F)ccc1-c1ncnc(Nc2ccc(C(=O)NC3CCNCC3)cc2)n1. The minimum atomic E-state index is -0.405. The lowest BCUT2D eigenvalue weighted by atomic mass is 10.1. The lowest BCUT2D eigenvalue weighted by Gasteiger charge is -2.23. The number of carbonyl (C=O) groups is 1. The zero-order valence-corrected chi connectivity index (χ0v) is 17.1. The summed E-state index contributed by atoms with van der Waals surface area (Å²) >= 11 is 0. The number of hydrogen-bond donors (Lipinski definition) is 3. The van der Waals surface area contributed by atoms with E-state index >= 15 is 0 Å². The van der Waals surface area contributed by atoms with Gasteiger partial charge in [0.25, 0.3) is 5.91 Å². The number of piperidine rings is 1. The molecule has 0 radical (unpaired) electrons. The Morgan fingerprint density at radius 1 is 1.13 bits per heavy atom. The van der Waals surface area contributed by atoms with Crippen molar-refractivity contribution in [3.63, 3.8) is 0 Å². The monoisotopic (exact) mass is 422 g/mol. The molecule has 31 heavy (non-hydrogen) atoms. The van der Waals surface area contributed by atoms with Crippen LogP contribution in [0.5, 0.6) is 5.75 Å². The molecule has 0 unspecified atom stereocenters. The molecule has 1 aliphatic heterocycles. The van der Waals surface area contributed by atoms with Crippen LogP contribution < -0.4 is 20.7 Å². The summed E-state index contributed by atoms with van der Waals surface area (Å²) in [6.07, 6.45) is 3.24. The van der Waals surface area contributed by atoms with E-state index in [0.717, 1.165) is 31.6 Å². The van der Waals surface area contributed by atoms with E-state index in [2.05, 4.69) is 30.9 Å². The van der Waals surface area contributed by atoms with Crippen LogP contribution in [0.25, 0.3) is 11.4 Å². The molecule has 1 aliphatic rings. The summed E-state index contributed by atoms with van der Waals surface area (Å²) in [6, 6.07) is 11.5. The van der Waals surface area contributed by atoms with Gasteiger partial charge in [-0.3, -0.25) is 4.79 Å². The Morgan fingerprint density at radius 2 is 1.90 bits per heavy atom. The average Bonchev–Trinajstić information content (AvgIpc) is 2.80. The Balaban J connectivity index is 1.45. The molecule has 3 N–H and O–H groups in total. The molecule has 1 fully saturated rings. The third-order valence-electron chi connectivity index (χ3n) is 5.05. The van der Waals surface area contributed by atoms with Gasteiger partial charge in [-0.05, 0) is 62.3 Å². The van der Waals surface area contributed by atoms with E-state index in [-0.39, 0.29) is 11.9 Å². The van der Waals surface area contributed by atoms with Crippen molar-refractivity contribution in [3.05, 3.63) is 60.2 Å². The van der Waals surface area contributed by atoms with Crippen molar-refractivity contribution in [2.24, 2.45) is 0 Å². The number of nitrogens with one attached hydrogen (secondary N) is 3. The molecule has 2 heterocycles. The summed E-state index contributed by atoms with van der Waals surface area (Å²) in [5.74, 6) is 0.526. The minimum Gasteiger partial charge on any atom is -0.496 e. The Labute approximate surface area is 179 Å². The third kappa shape index (κ3) is 5.13. The first-order valence-corrected chi connectivity index (χ1v) is 10.0. The highest BCUT2D eigenvalue weighted by Gasteiger charge is 2.16. The van der Waals surface area contributed by atoms with Crippen LogP contribution >= 0.6 is 0 Å². The number of hydrogen-bond acceptors (Lipinski definition) is 7. The maximum absolute atomic E-state index is 13.5. The highest BCUT2D eigenvalue weighted by atomic mass is 19.1. The van der Waals surface area contributed by atoms with Gasteiger partial charge >= 0.3 is 0 Å². The van der Waals surface area contributed by atoms with Gasteiger partial charge in [0.15, 0.2) is 5.82 Å². The molecular formula is C22H23FN6O2. The Morgan fingerprint density at radius 3 is 2.65 bits per heavy atom. The fraction of sp³-hybridized carbons (Fsp3) is 0.273. The topological polar surface area (TPSA) is 101 Å². The van der Waals surface area contributed by atoms with Crippen molar-refractivity contribution >= 4 is 17.5 Å². The highest BCUT2D eigenvalue weighted by Crippen LogP contribution is 2.28. The quantitative estimate of drug-likeness (QED) is 0.561. The fourth-order valence-corrected chi connectivity index (χ4v) is 3.41. The number of carbonyl (C=O) groups excluding carboxylic acids is 1. The Bertz CT molecular complexity index is 1050. The van der Waals surface area contributed by atoms with E-state index in [0.29, 0.717) is 28.6 Å². The Kier molecular flexibility index (Phi) is 6.32. The number of benzene rings is 2. The number of methoxy groups -OCH3 is 1. The van der Waals surface area contributed by atoms with Crippen LogP contribution in [0.4, 0.5) is 16.0 Å². The lowest BCUT2D eigenvalue weighted by Crippen LogP contribution is -2.42. The molecule has 1 aromatic heterocycles. The standard InChI is InChI=1S/C22H23FN6O2/c1-31-19-12-15(23)4-7-18(19)20-25-13-26-22(29-20)28-16-5-2-14(3-6-16)21(30)27-17-8-10-24-11-9-17/h2-7,12-13,17,24H,8-11H2,1H3,(H,27,30)(H,25,26,28,29). The maximum Gasteiger partial charge on any atom is 0.251 e. The van der Waals surface area contributed by atoms with Gasteiger partial charge in [-0.15, -0.1) is 0 Å². The van der Waals surface area contributed by atoms with E-state index < -0.39 is 5.82 Å². The van der Waals surface area contributed by atoms with Crippen LogP contribution in [0.3, 0.4) is 0 Å². The normalized spacial score (nSPS) is 14.1. The molecular weight excluding hydrogens is 399 g/mol. The van der Waals surface area contributed by atoms with E-state index in [1.807, 2.05) is 0 Å². The van der Waals surface area contributed by atoms with Crippen LogP contribution in [-0.4, -0.2) is 47.1 Å². The summed E-state index contributed by atoms with van der Waals surface area (Å²) in [6.45, 7) is 1.84. The number of halogens is 1. The molecule has 1 amide bonds. The first-order valence-electron chi connectivity index (χ1n) is 10.0. The number of anilines is 2. The van der Waals surface area contributed by atoms with Gasteiger partial charge in [-0.2, -0.15) is 4.98 Å². The van der Waals surface area contributed by atoms with E-state index in [9.17, 15) is 9.18 Å². The molecule has 0 bridgehead atoms. The van der Waals surface area contributed by atoms with E-state index in [1.54, 1.807) is 30.3 Å². The molecule has 9 heteroatoms. The van der Waals surface area contributed by atoms with Crippen molar-refractivity contribution < 1.29 is 13.9 Å². The van der Waals surface area contributed by atoms with Gasteiger partial charge in [0.05, 0.1) is 12.7 Å². The molecule has 8 nitrogen and oxygen atoms in total. The number of ether oxygens (including phenoxy) is 1. The smallest absolute Gasteiger partial charge is 0.251 e. The van der Waals surface area contributed by atoms with Gasteiger partial charge in [-0.25, -0.2) is 14.4 Å². The first-order chi connectivity index (χ1) is 15.1. The molecule has 3 aromatic rings. The largest absolute Gasteiger partial charge is 0.496 e. The lowest BCUT2D eigenvalue weighted by molar-refractivity contribution is 0.0929. The summed E-state index contributed by atoms with van der Waals surface area (Å²) in [5.41, 5.74) is 1.87. The molecule has 2 aromatic carbocycles. The summed E-state index contributed by atoms with van der Waals surface area (Å²) < 4.78 is 18.7. The summed E-state index contributed by atoms with van der Waals surface area (Å²) in [5, 5.41) is 9.45. The van der Waals surface area contributed by atoms with E-state index in [4.69, 9.17) is 4.74 Å². The molecule has 0 saturated carbocycles. The zero-order valence-electron chi connectivity index (χ0n) is 17.1. The van der Waals surface area contributed by atoms with Crippen LogP contribution in [-0.2, 0) is 0 Å². The van der Waals surface area contributed by atoms with Crippen molar-refractivity contribution in [1.29, 1.82) is 0 Å². The second-order valence-corrected chi connectivity index (χ2v) is 7.18. The first kappa shape index (κ1) is 20.7. The number of nitrogens with zero attached hydrogens (tertiary/aromatic N) is 3. The molecule has 160 valence electrons. The molecule has 0 spiro atoms. The van der Waals surface area contributed by atoms with Crippen molar-refractivity contribution in [2.75, 3.05) is 25.5 Å². The van der Waals surface area contributed by atoms with Crippen molar-refractivity contribution in [3.8, 4) is 17.1 Å². The Hall–Kier alpha value is -3.59. The predicted octanol–water partition coefficient (Wildman–Crippen LogP) is 2.91. The predicted molar refractivity (Wildman–Crippen MR) is 115 cm³/mol. The van der Waals surface area contributed by atoms with Crippen LogP contribution in [0.1, 0.15) is 23.2 Å². The maximum atomic E-state index is 13.5. The van der Waals surface area contributed by atoms with Crippen molar-refractivity contribution in [1.82, 2.24) is 25.6 Å². The molecule has 1 saturated heterocycles. The number of aromatic nitrogens is 3. The number of rotatable bonds is 6. The second kappa shape index (κ2) is 9.48. The van der Waals surface area contributed by atoms with Crippen LogP contribution in [0.15, 0.2) is 48.8 Å². The van der Waals surface area contributed by atoms with Crippen LogP contribution in [0.2, 0.25) is 0 Å². The van der Waals surface area contributed by atoms with Gasteiger partial charge in [0.1, 0.15) is 17.9 Å². The second-order valence-electron chi connectivity index (χ2n) is 7.18. The summed E-state index contributed by atoms with van der Waals surface area (Å²) in [7, 11) is 1.46. The minimum absolute atomic E-state index is 0.0793. The van der Waals surface area contributed by atoms with Gasteiger partial charge in [0, 0.05) is 23.4 Å². The van der Waals surface area contributed by atoms with Crippen molar-refractivity contribution in [2.45, 2.75) is 18.9 Å². The summed E-state index contributed by atoms with van der Waals surface area (Å²) in [4.78, 5) is 25.1.